The van der Waals surface area contributed by atoms with E-state index in [1.54, 1.807) is 26.2 Å². The Morgan fingerprint density at radius 2 is 2.00 bits per heavy atom. The molecule has 0 radical (unpaired) electrons. The van der Waals surface area contributed by atoms with Gasteiger partial charge in [0.2, 0.25) is 5.91 Å². The number of amides is 1. The number of rotatable bonds is 5. The van der Waals surface area contributed by atoms with Gasteiger partial charge >= 0.3 is 0 Å². The zero-order valence-electron chi connectivity index (χ0n) is 15.3. The highest BCUT2D eigenvalue weighted by Crippen LogP contribution is 2.31. The number of nitrogens with zero attached hydrogens (tertiary/aromatic N) is 3. The molecule has 1 heterocycles. The largest absolute Gasteiger partial charge is 0.376 e. The van der Waals surface area contributed by atoms with E-state index >= 15 is 0 Å². The first-order valence-electron chi connectivity index (χ1n) is 8.38. The molecule has 0 spiro atoms. The van der Waals surface area contributed by atoms with Crippen LogP contribution in [0.2, 0.25) is 5.02 Å². The average molecular weight is 398 g/mol. The summed E-state index contributed by atoms with van der Waals surface area (Å²) in [4.78, 5) is 17.6. The first-order valence-corrected chi connectivity index (χ1v) is 8.76. The standard InChI is InChI=1S/C20H17ClFN5O/c1-27(2)19(28)11-24-13-4-6-18-15(7-13)20(12(9-23)10-25-18)26-14-3-5-17(22)16(21)8-14/h3-8,10,24H,11H2,1-2H3,(H,25,26). The summed E-state index contributed by atoms with van der Waals surface area (Å²) >= 11 is 5.86. The molecule has 0 aliphatic heterocycles. The normalized spacial score (nSPS) is 10.4. The molecule has 0 atom stereocenters. The van der Waals surface area contributed by atoms with Crippen molar-refractivity contribution < 1.29 is 9.18 Å². The second-order valence-corrected chi connectivity index (χ2v) is 6.69. The lowest BCUT2D eigenvalue weighted by Crippen LogP contribution is -2.28. The lowest BCUT2D eigenvalue weighted by molar-refractivity contribution is -0.126. The fraction of sp³-hybridized carbons (Fsp3) is 0.150. The second-order valence-electron chi connectivity index (χ2n) is 6.29. The third-order valence-corrected chi connectivity index (χ3v) is 4.41. The molecule has 0 aliphatic carbocycles. The van der Waals surface area contributed by atoms with Crippen LogP contribution in [0.3, 0.4) is 0 Å². The minimum absolute atomic E-state index is 0.0218. The van der Waals surface area contributed by atoms with Crippen LogP contribution < -0.4 is 10.6 Å². The maximum Gasteiger partial charge on any atom is 0.241 e. The van der Waals surface area contributed by atoms with Crippen LogP contribution in [0.1, 0.15) is 5.56 Å². The van der Waals surface area contributed by atoms with Gasteiger partial charge in [0.1, 0.15) is 11.9 Å². The lowest BCUT2D eigenvalue weighted by atomic mass is 10.1. The number of hydrogen-bond donors (Lipinski definition) is 2. The molecule has 1 amide bonds. The Labute approximate surface area is 166 Å². The number of benzene rings is 2. The molecule has 6 nitrogen and oxygen atoms in total. The first kappa shape index (κ1) is 19.4. The fourth-order valence-corrected chi connectivity index (χ4v) is 2.76. The quantitative estimate of drug-likeness (QED) is 0.676. The number of halogens is 2. The van der Waals surface area contributed by atoms with Crippen molar-refractivity contribution in [3.63, 3.8) is 0 Å². The molecule has 8 heteroatoms. The van der Waals surface area contributed by atoms with Gasteiger partial charge in [-0.25, -0.2) is 4.39 Å². The van der Waals surface area contributed by atoms with E-state index in [4.69, 9.17) is 11.6 Å². The van der Waals surface area contributed by atoms with Gasteiger partial charge in [-0.3, -0.25) is 9.78 Å². The minimum Gasteiger partial charge on any atom is -0.376 e. The van der Waals surface area contributed by atoms with Gasteiger partial charge in [-0.05, 0) is 36.4 Å². The van der Waals surface area contributed by atoms with Crippen molar-refractivity contribution in [2.24, 2.45) is 0 Å². The molecule has 0 bridgehead atoms. The number of carbonyl (C=O) groups is 1. The molecule has 0 unspecified atom stereocenters. The SMILES string of the molecule is CN(C)C(=O)CNc1ccc2ncc(C#N)c(Nc3ccc(F)c(Cl)c3)c2c1. The van der Waals surface area contributed by atoms with Crippen molar-refractivity contribution in [1.82, 2.24) is 9.88 Å². The third kappa shape index (κ3) is 4.13. The van der Waals surface area contributed by atoms with E-state index in [1.807, 2.05) is 6.07 Å². The molecule has 3 rings (SSSR count). The molecule has 0 saturated carbocycles. The number of fused-ring (bicyclic) bond motifs is 1. The number of likely N-dealkylation sites (N-methyl/N-ethyl adjacent to an activating group) is 1. The van der Waals surface area contributed by atoms with Crippen LogP contribution >= 0.6 is 11.6 Å². The second kappa shape index (κ2) is 8.11. The zero-order valence-corrected chi connectivity index (χ0v) is 16.0. The van der Waals surface area contributed by atoms with Gasteiger partial charge in [0.25, 0.3) is 0 Å². The number of nitrogens with one attached hydrogen (secondary N) is 2. The Kier molecular flexibility index (Phi) is 5.62. The van der Waals surface area contributed by atoms with Crippen LogP contribution in [0.5, 0.6) is 0 Å². The van der Waals surface area contributed by atoms with Gasteiger partial charge in [-0.15, -0.1) is 0 Å². The van der Waals surface area contributed by atoms with Crippen LogP contribution in [-0.4, -0.2) is 36.4 Å². The van der Waals surface area contributed by atoms with Gasteiger partial charge in [0, 0.05) is 37.1 Å². The molecule has 0 saturated heterocycles. The third-order valence-electron chi connectivity index (χ3n) is 4.12. The topological polar surface area (TPSA) is 81.1 Å². The Bertz CT molecular complexity index is 1090. The van der Waals surface area contributed by atoms with E-state index in [-0.39, 0.29) is 17.5 Å². The monoisotopic (exact) mass is 397 g/mol. The summed E-state index contributed by atoms with van der Waals surface area (Å²) in [5.74, 6) is -0.590. The van der Waals surface area contributed by atoms with E-state index in [2.05, 4.69) is 21.7 Å². The van der Waals surface area contributed by atoms with E-state index in [1.165, 1.54) is 29.3 Å². The van der Waals surface area contributed by atoms with Crippen molar-refractivity contribution in [2.75, 3.05) is 31.3 Å². The minimum atomic E-state index is -0.524. The van der Waals surface area contributed by atoms with E-state index in [0.29, 0.717) is 33.5 Å². The molecule has 2 N–H and O–H groups in total. The summed E-state index contributed by atoms with van der Waals surface area (Å²) in [6.45, 7) is 0.139. The molecule has 0 fully saturated rings. The van der Waals surface area contributed by atoms with Gasteiger partial charge in [-0.2, -0.15) is 5.26 Å². The van der Waals surface area contributed by atoms with Crippen molar-refractivity contribution in [3.8, 4) is 6.07 Å². The van der Waals surface area contributed by atoms with Crippen molar-refractivity contribution in [3.05, 3.63) is 59.0 Å². The zero-order chi connectivity index (χ0) is 20.3. The number of nitriles is 1. The molecule has 28 heavy (non-hydrogen) atoms. The average Bonchev–Trinajstić information content (AvgIpc) is 2.69. The predicted octanol–water partition coefficient (Wildman–Crippen LogP) is 4.14. The summed E-state index contributed by atoms with van der Waals surface area (Å²) in [5.41, 5.74) is 2.77. The number of pyridine rings is 1. The van der Waals surface area contributed by atoms with Gasteiger partial charge in [0.05, 0.1) is 28.3 Å². The highest BCUT2D eigenvalue weighted by atomic mass is 35.5. The van der Waals surface area contributed by atoms with Crippen LogP contribution in [0.15, 0.2) is 42.6 Å². The molecule has 0 aliphatic rings. The maximum absolute atomic E-state index is 13.4. The summed E-state index contributed by atoms with van der Waals surface area (Å²) < 4.78 is 13.4. The molecular weight excluding hydrogens is 381 g/mol. The number of anilines is 3. The number of aromatic nitrogens is 1. The smallest absolute Gasteiger partial charge is 0.241 e. The van der Waals surface area contributed by atoms with Crippen molar-refractivity contribution in [1.29, 1.82) is 5.26 Å². The fourth-order valence-electron chi connectivity index (χ4n) is 2.58. The summed E-state index contributed by atoms with van der Waals surface area (Å²) in [6, 6.07) is 11.7. The van der Waals surface area contributed by atoms with Crippen LogP contribution in [0.4, 0.5) is 21.5 Å². The Morgan fingerprint density at radius 3 is 2.68 bits per heavy atom. The van der Waals surface area contributed by atoms with Gasteiger partial charge in [0.15, 0.2) is 0 Å². The van der Waals surface area contributed by atoms with Crippen molar-refractivity contribution in [2.45, 2.75) is 0 Å². The number of hydrogen-bond acceptors (Lipinski definition) is 5. The molecular formula is C20H17ClFN5O. The summed E-state index contributed by atoms with van der Waals surface area (Å²) in [7, 11) is 3.37. The Hall–Kier alpha value is -3.37. The molecule has 1 aromatic heterocycles. The van der Waals surface area contributed by atoms with Crippen LogP contribution in [0.25, 0.3) is 10.9 Å². The highest BCUT2D eigenvalue weighted by Gasteiger charge is 2.12. The van der Waals surface area contributed by atoms with Crippen molar-refractivity contribution >= 4 is 45.5 Å². The molecule has 2 aromatic carbocycles. The van der Waals surface area contributed by atoms with Crippen LogP contribution in [0, 0.1) is 17.1 Å². The van der Waals surface area contributed by atoms with E-state index < -0.39 is 5.82 Å². The lowest BCUT2D eigenvalue weighted by Gasteiger charge is -2.14. The van der Waals surface area contributed by atoms with Gasteiger partial charge in [-0.1, -0.05) is 11.6 Å². The van der Waals surface area contributed by atoms with E-state index in [9.17, 15) is 14.4 Å². The first-order chi connectivity index (χ1) is 13.4. The molecule has 142 valence electrons. The summed E-state index contributed by atoms with van der Waals surface area (Å²) in [6.07, 6.45) is 1.47. The Morgan fingerprint density at radius 1 is 1.25 bits per heavy atom. The number of carbonyl (C=O) groups excluding carboxylic acids is 1. The predicted molar refractivity (Wildman–Crippen MR) is 108 cm³/mol. The van der Waals surface area contributed by atoms with Gasteiger partial charge < -0.3 is 15.5 Å². The molecule has 3 aromatic rings. The Balaban J connectivity index is 2.01. The van der Waals surface area contributed by atoms with Crippen LogP contribution in [-0.2, 0) is 4.79 Å². The highest BCUT2D eigenvalue weighted by molar-refractivity contribution is 6.31. The summed E-state index contributed by atoms with van der Waals surface area (Å²) in [5, 5.41) is 16.3. The van der Waals surface area contributed by atoms with E-state index in [0.717, 1.165) is 0 Å². The maximum atomic E-state index is 13.4.